The fourth-order valence-corrected chi connectivity index (χ4v) is 3.04. The number of hydrogen-bond donors (Lipinski definition) is 1. The van der Waals surface area contributed by atoms with E-state index in [1.807, 2.05) is 17.5 Å². The van der Waals surface area contributed by atoms with Crippen molar-refractivity contribution in [2.45, 2.75) is 33.1 Å². The summed E-state index contributed by atoms with van der Waals surface area (Å²) in [5, 5.41) is 5.33. The van der Waals surface area contributed by atoms with E-state index in [2.05, 4.69) is 22.4 Å². The van der Waals surface area contributed by atoms with Gasteiger partial charge in [-0.15, -0.1) is 11.3 Å². The van der Waals surface area contributed by atoms with Gasteiger partial charge < -0.3 is 10.1 Å². The molecule has 1 N–H and O–H groups in total. The van der Waals surface area contributed by atoms with Crippen molar-refractivity contribution in [1.82, 2.24) is 4.98 Å². The summed E-state index contributed by atoms with van der Waals surface area (Å²) in [5.41, 5.74) is 3.21. The van der Waals surface area contributed by atoms with Gasteiger partial charge in [0.05, 0.1) is 12.3 Å². The lowest BCUT2D eigenvalue weighted by atomic mass is 10.1. The molecule has 0 spiro atoms. The van der Waals surface area contributed by atoms with Crippen molar-refractivity contribution >= 4 is 34.4 Å². The van der Waals surface area contributed by atoms with E-state index in [0.29, 0.717) is 11.7 Å². The Kier molecular flexibility index (Phi) is 7.35. The zero-order chi connectivity index (χ0) is 18.1. The molecule has 0 aliphatic carbocycles. The number of rotatable bonds is 8. The molecule has 1 aromatic carbocycles. The number of carbonyl (C=O) groups is 2. The summed E-state index contributed by atoms with van der Waals surface area (Å²) in [5.74, 6) is -0.425. The Morgan fingerprint density at radius 2 is 2.00 bits per heavy atom. The minimum Gasteiger partial charge on any atom is -0.463 e. The van der Waals surface area contributed by atoms with Crippen molar-refractivity contribution in [2.24, 2.45) is 0 Å². The van der Waals surface area contributed by atoms with E-state index in [1.165, 1.54) is 29.9 Å². The molecular weight excluding hydrogens is 336 g/mol. The molecule has 0 fully saturated rings. The van der Waals surface area contributed by atoms with Crippen LogP contribution in [0.4, 0.5) is 5.13 Å². The van der Waals surface area contributed by atoms with Crippen molar-refractivity contribution in [3.8, 4) is 0 Å². The SMILES string of the molecule is CCOC(=O)C=Cc1ccc(CCCc2csc(NC(C)=O)n2)cc1. The van der Waals surface area contributed by atoms with E-state index in [9.17, 15) is 9.59 Å². The highest BCUT2D eigenvalue weighted by atomic mass is 32.1. The maximum absolute atomic E-state index is 11.3. The van der Waals surface area contributed by atoms with Crippen LogP contribution in [0, 0.1) is 0 Å². The van der Waals surface area contributed by atoms with E-state index in [0.717, 1.165) is 30.5 Å². The van der Waals surface area contributed by atoms with Crippen LogP contribution >= 0.6 is 11.3 Å². The van der Waals surface area contributed by atoms with Gasteiger partial charge in [0.15, 0.2) is 5.13 Å². The molecule has 132 valence electrons. The Bertz CT molecular complexity index is 735. The van der Waals surface area contributed by atoms with E-state index in [1.54, 1.807) is 13.0 Å². The molecule has 0 saturated heterocycles. The standard InChI is InChI=1S/C19H22N2O3S/c1-3-24-18(23)12-11-16-9-7-15(8-10-16)5-4-6-17-13-25-19(21-17)20-14(2)22/h7-13H,3-6H2,1-2H3,(H,20,21,22). The van der Waals surface area contributed by atoms with Crippen molar-refractivity contribution in [1.29, 1.82) is 0 Å². The van der Waals surface area contributed by atoms with Gasteiger partial charge in [0.25, 0.3) is 0 Å². The summed E-state index contributed by atoms with van der Waals surface area (Å²) in [6, 6.07) is 8.11. The van der Waals surface area contributed by atoms with E-state index in [4.69, 9.17) is 4.74 Å². The third kappa shape index (κ3) is 6.89. The van der Waals surface area contributed by atoms with Crippen molar-refractivity contribution in [3.63, 3.8) is 0 Å². The molecule has 0 saturated carbocycles. The number of benzene rings is 1. The number of amides is 1. The summed E-state index contributed by atoms with van der Waals surface area (Å²) < 4.78 is 4.85. The summed E-state index contributed by atoms with van der Waals surface area (Å²) >= 11 is 1.45. The lowest BCUT2D eigenvalue weighted by Gasteiger charge is -2.02. The molecule has 5 nitrogen and oxygen atoms in total. The largest absolute Gasteiger partial charge is 0.463 e. The van der Waals surface area contributed by atoms with Crippen LogP contribution < -0.4 is 5.32 Å². The van der Waals surface area contributed by atoms with Crippen LogP contribution in [0.5, 0.6) is 0 Å². The fourth-order valence-electron chi connectivity index (χ4n) is 2.25. The van der Waals surface area contributed by atoms with Gasteiger partial charge in [-0.3, -0.25) is 4.79 Å². The number of carbonyl (C=O) groups excluding carboxylic acids is 2. The second kappa shape index (κ2) is 9.74. The molecule has 1 aromatic heterocycles. The van der Waals surface area contributed by atoms with Crippen LogP contribution in [0.2, 0.25) is 0 Å². The van der Waals surface area contributed by atoms with Crippen molar-refractivity contribution in [2.75, 3.05) is 11.9 Å². The highest BCUT2D eigenvalue weighted by Crippen LogP contribution is 2.17. The molecule has 0 aliphatic rings. The van der Waals surface area contributed by atoms with Crippen LogP contribution in [0.15, 0.2) is 35.7 Å². The highest BCUT2D eigenvalue weighted by Gasteiger charge is 2.03. The van der Waals surface area contributed by atoms with Gasteiger partial charge in [-0.05, 0) is 43.4 Å². The number of ether oxygens (including phenoxy) is 1. The number of nitrogens with zero attached hydrogens (tertiary/aromatic N) is 1. The first kappa shape index (κ1) is 18.9. The van der Waals surface area contributed by atoms with Gasteiger partial charge in [0.2, 0.25) is 5.91 Å². The number of aromatic nitrogens is 1. The van der Waals surface area contributed by atoms with Gasteiger partial charge in [0, 0.05) is 18.4 Å². The molecule has 1 amide bonds. The summed E-state index contributed by atoms with van der Waals surface area (Å²) in [6.45, 7) is 3.65. The predicted octanol–water partition coefficient (Wildman–Crippen LogP) is 3.85. The number of anilines is 1. The van der Waals surface area contributed by atoms with Crippen molar-refractivity contribution < 1.29 is 14.3 Å². The molecule has 0 bridgehead atoms. The first-order valence-electron chi connectivity index (χ1n) is 8.22. The molecule has 6 heteroatoms. The number of esters is 1. The lowest BCUT2D eigenvalue weighted by Crippen LogP contribution is -2.05. The van der Waals surface area contributed by atoms with E-state index < -0.39 is 0 Å². The summed E-state index contributed by atoms with van der Waals surface area (Å²) in [4.78, 5) is 26.7. The molecule has 0 unspecified atom stereocenters. The maximum Gasteiger partial charge on any atom is 0.330 e. The monoisotopic (exact) mass is 358 g/mol. The molecule has 0 atom stereocenters. The Morgan fingerprint density at radius 1 is 1.24 bits per heavy atom. The second-order valence-corrected chi connectivity index (χ2v) is 6.36. The molecule has 2 rings (SSSR count). The number of aryl methyl sites for hydroxylation is 2. The fraction of sp³-hybridized carbons (Fsp3) is 0.316. The predicted molar refractivity (Wildman–Crippen MR) is 101 cm³/mol. The molecule has 0 radical (unpaired) electrons. The highest BCUT2D eigenvalue weighted by molar-refractivity contribution is 7.13. The molecule has 0 aliphatic heterocycles. The minimum atomic E-state index is -0.325. The topological polar surface area (TPSA) is 68.3 Å². The molecule has 25 heavy (non-hydrogen) atoms. The summed E-state index contributed by atoms with van der Waals surface area (Å²) in [7, 11) is 0. The number of thiazole rings is 1. The first-order valence-corrected chi connectivity index (χ1v) is 9.10. The number of hydrogen-bond acceptors (Lipinski definition) is 5. The van der Waals surface area contributed by atoms with Crippen LogP contribution in [0.3, 0.4) is 0 Å². The zero-order valence-electron chi connectivity index (χ0n) is 14.5. The van der Waals surface area contributed by atoms with E-state index >= 15 is 0 Å². The molecule has 1 heterocycles. The van der Waals surface area contributed by atoms with Gasteiger partial charge >= 0.3 is 5.97 Å². The van der Waals surface area contributed by atoms with Gasteiger partial charge in [-0.2, -0.15) is 0 Å². The Balaban J connectivity index is 1.78. The molecule has 2 aromatic rings. The smallest absolute Gasteiger partial charge is 0.330 e. The minimum absolute atomic E-state index is 0.0991. The van der Waals surface area contributed by atoms with Crippen LogP contribution in [-0.2, 0) is 27.2 Å². The number of nitrogens with one attached hydrogen (secondary N) is 1. The third-order valence-electron chi connectivity index (χ3n) is 3.41. The maximum atomic E-state index is 11.3. The Morgan fingerprint density at radius 3 is 2.68 bits per heavy atom. The average Bonchev–Trinajstić information content (AvgIpc) is 3.01. The zero-order valence-corrected chi connectivity index (χ0v) is 15.3. The quantitative estimate of drug-likeness (QED) is 0.575. The first-order chi connectivity index (χ1) is 12.1. The normalized spacial score (nSPS) is 10.8. The second-order valence-electron chi connectivity index (χ2n) is 5.51. The molecular formula is C19H22N2O3S. The van der Waals surface area contributed by atoms with Crippen LogP contribution in [0.25, 0.3) is 6.08 Å². The van der Waals surface area contributed by atoms with Gasteiger partial charge in [-0.1, -0.05) is 24.3 Å². The van der Waals surface area contributed by atoms with Gasteiger partial charge in [0.1, 0.15) is 0 Å². The van der Waals surface area contributed by atoms with E-state index in [-0.39, 0.29) is 11.9 Å². The van der Waals surface area contributed by atoms with Gasteiger partial charge in [-0.25, -0.2) is 9.78 Å². The lowest BCUT2D eigenvalue weighted by molar-refractivity contribution is -0.137. The Labute approximate surface area is 151 Å². The van der Waals surface area contributed by atoms with Crippen LogP contribution in [0.1, 0.15) is 37.1 Å². The summed E-state index contributed by atoms with van der Waals surface area (Å²) in [6.07, 6.45) is 6.00. The van der Waals surface area contributed by atoms with Crippen LogP contribution in [-0.4, -0.2) is 23.5 Å². The Hall–Kier alpha value is -2.47. The van der Waals surface area contributed by atoms with Crippen molar-refractivity contribution in [3.05, 3.63) is 52.5 Å². The average molecular weight is 358 g/mol. The third-order valence-corrected chi connectivity index (χ3v) is 4.22.